The van der Waals surface area contributed by atoms with E-state index in [0.717, 1.165) is 25.7 Å². The molecule has 1 saturated carbocycles. The van der Waals surface area contributed by atoms with Gasteiger partial charge in [-0.2, -0.15) is 0 Å². The highest BCUT2D eigenvalue weighted by molar-refractivity contribution is 5.75. The summed E-state index contributed by atoms with van der Waals surface area (Å²) in [7, 11) is 0. The van der Waals surface area contributed by atoms with E-state index in [1.807, 2.05) is 27.7 Å². The van der Waals surface area contributed by atoms with Gasteiger partial charge in [-0.3, -0.25) is 4.79 Å². The summed E-state index contributed by atoms with van der Waals surface area (Å²) in [6.07, 6.45) is 2.70. The van der Waals surface area contributed by atoms with Gasteiger partial charge >= 0.3 is 5.97 Å². The Morgan fingerprint density at radius 3 is 2.50 bits per heavy atom. The molecule has 0 aromatic heterocycles. The summed E-state index contributed by atoms with van der Waals surface area (Å²) < 4.78 is 18.3. The number of ether oxygens (including phenoxy) is 3. The summed E-state index contributed by atoms with van der Waals surface area (Å²) in [6, 6.07) is 0. The van der Waals surface area contributed by atoms with Crippen LogP contribution in [0.2, 0.25) is 0 Å². The van der Waals surface area contributed by atoms with Crippen LogP contribution in [0.15, 0.2) is 0 Å². The molecular formula is C20H32O6. The van der Waals surface area contributed by atoms with Crippen molar-refractivity contribution < 1.29 is 28.8 Å². The van der Waals surface area contributed by atoms with E-state index in [0.29, 0.717) is 11.8 Å². The number of esters is 1. The third kappa shape index (κ3) is 2.64. The molecule has 148 valence electrons. The first kappa shape index (κ1) is 18.7. The monoisotopic (exact) mass is 368 g/mol. The minimum Gasteiger partial charge on any atom is -0.435 e. The highest BCUT2D eigenvalue weighted by Gasteiger charge is 2.69. The molecule has 26 heavy (non-hydrogen) atoms. The van der Waals surface area contributed by atoms with Crippen molar-refractivity contribution in [2.24, 2.45) is 29.1 Å². The van der Waals surface area contributed by atoms with Gasteiger partial charge in [-0.1, -0.05) is 13.8 Å². The molecule has 0 aromatic carbocycles. The first-order valence-corrected chi connectivity index (χ1v) is 9.98. The topological polar surface area (TPSA) is 63.2 Å². The van der Waals surface area contributed by atoms with Gasteiger partial charge in [0.05, 0.1) is 5.41 Å². The lowest BCUT2D eigenvalue weighted by molar-refractivity contribution is -0.576. The van der Waals surface area contributed by atoms with Crippen molar-refractivity contribution in [2.75, 3.05) is 0 Å². The highest BCUT2D eigenvalue weighted by Crippen LogP contribution is 2.60. The summed E-state index contributed by atoms with van der Waals surface area (Å²) in [5.41, 5.74) is -1.19. The molecule has 5 aliphatic rings. The second-order valence-electron chi connectivity index (χ2n) is 9.93. The van der Waals surface area contributed by atoms with Crippen molar-refractivity contribution in [1.82, 2.24) is 0 Å². The van der Waals surface area contributed by atoms with Gasteiger partial charge in [-0.25, -0.2) is 9.78 Å². The third-order valence-corrected chi connectivity index (χ3v) is 6.93. The maximum Gasteiger partial charge on any atom is 0.313 e. The number of carbonyl (C=O) groups excluding carboxylic acids is 1. The molecule has 4 aliphatic heterocycles. The zero-order chi connectivity index (χ0) is 18.9. The molecule has 6 nitrogen and oxygen atoms in total. The average Bonchev–Trinajstić information content (AvgIpc) is 2.77. The Hall–Kier alpha value is -0.690. The van der Waals surface area contributed by atoms with E-state index in [2.05, 4.69) is 13.8 Å². The van der Waals surface area contributed by atoms with Crippen LogP contribution in [-0.2, 0) is 28.8 Å². The molecule has 0 aromatic rings. The Labute approximate surface area is 155 Å². The summed E-state index contributed by atoms with van der Waals surface area (Å²) in [5.74, 6) is -0.0436. The fourth-order valence-electron chi connectivity index (χ4n) is 5.29. The van der Waals surface area contributed by atoms with Crippen LogP contribution in [0.4, 0.5) is 0 Å². The molecule has 2 bridgehead atoms. The molecule has 0 radical (unpaired) electrons. The fourth-order valence-corrected chi connectivity index (χ4v) is 5.29. The molecule has 4 saturated heterocycles. The molecule has 2 unspecified atom stereocenters. The van der Waals surface area contributed by atoms with E-state index >= 15 is 0 Å². The number of hydrogen-bond acceptors (Lipinski definition) is 6. The molecule has 5 rings (SSSR count). The smallest absolute Gasteiger partial charge is 0.313 e. The largest absolute Gasteiger partial charge is 0.435 e. The van der Waals surface area contributed by atoms with Gasteiger partial charge < -0.3 is 14.2 Å². The van der Waals surface area contributed by atoms with Crippen LogP contribution in [0.5, 0.6) is 0 Å². The Balaban J connectivity index is 1.67. The molecule has 1 aliphatic carbocycles. The number of fused-ring (bicyclic) bond motifs is 2. The predicted octanol–water partition coefficient (Wildman–Crippen LogP) is 3.78. The van der Waals surface area contributed by atoms with E-state index < -0.39 is 29.4 Å². The van der Waals surface area contributed by atoms with Crippen LogP contribution in [0.25, 0.3) is 0 Å². The minimum atomic E-state index is -0.809. The average molecular weight is 368 g/mol. The summed E-state index contributed by atoms with van der Waals surface area (Å²) >= 11 is 0. The standard InChI is InChI=1S/C20H32O6/c1-11-7-8-14-12(2)15(22-16(21)18(3,4)5)23-17-20(14)13(11)9-10-19(6,24-17)25-26-20/h11-15,17H,7-10H2,1-6H3/t11-,12-,13+,14?,15?,17-,19+,20-/m1/s1. The van der Waals surface area contributed by atoms with Crippen molar-refractivity contribution in [3.63, 3.8) is 0 Å². The molecule has 5 fully saturated rings. The van der Waals surface area contributed by atoms with Gasteiger partial charge in [0.25, 0.3) is 0 Å². The van der Waals surface area contributed by atoms with Gasteiger partial charge in [0, 0.05) is 18.3 Å². The van der Waals surface area contributed by atoms with Crippen LogP contribution in [-0.4, -0.2) is 29.9 Å². The number of rotatable bonds is 1. The van der Waals surface area contributed by atoms with Gasteiger partial charge in [-0.15, -0.1) is 0 Å². The molecule has 4 heterocycles. The van der Waals surface area contributed by atoms with Crippen molar-refractivity contribution in [1.29, 1.82) is 0 Å². The van der Waals surface area contributed by atoms with Crippen LogP contribution in [0.3, 0.4) is 0 Å². The van der Waals surface area contributed by atoms with Crippen LogP contribution >= 0.6 is 0 Å². The zero-order valence-electron chi connectivity index (χ0n) is 16.7. The van der Waals surface area contributed by atoms with Crippen LogP contribution < -0.4 is 0 Å². The van der Waals surface area contributed by atoms with Crippen LogP contribution in [0, 0.1) is 29.1 Å². The number of carbonyl (C=O) groups is 1. The summed E-state index contributed by atoms with van der Waals surface area (Å²) in [5, 5.41) is 0. The number of hydrogen-bond donors (Lipinski definition) is 0. The molecule has 0 amide bonds. The van der Waals surface area contributed by atoms with Crippen molar-refractivity contribution in [3.05, 3.63) is 0 Å². The van der Waals surface area contributed by atoms with E-state index in [1.165, 1.54) is 0 Å². The molecule has 6 heteroatoms. The normalized spacial score (nSPS) is 50.7. The lowest BCUT2D eigenvalue weighted by atomic mass is 9.58. The van der Waals surface area contributed by atoms with Crippen LogP contribution in [0.1, 0.15) is 67.2 Å². The second-order valence-corrected chi connectivity index (χ2v) is 9.93. The molecule has 8 atom stereocenters. The lowest BCUT2D eigenvalue weighted by Gasteiger charge is -2.60. The maximum absolute atomic E-state index is 12.5. The SMILES string of the molecule is C[C@H]1C(OC(=O)C(C)(C)C)O[C@@H]2O[C@]3(C)CC[C@H]4[C@H](C)CCC1[C@@]24OO3. The first-order chi connectivity index (χ1) is 12.1. The molecule has 1 spiro atoms. The van der Waals surface area contributed by atoms with Crippen molar-refractivity contribution >= 4 is 5.97 Å². The Bertz CT molecular complexity index is 585. The van der Waals surface area contributed by atoms with E-state index in [9.17, 15) is 4.79 Å². The molecular weight excluding hydrogens is 336 g/mol. The first-order valence-electron chi connectivity index (χ1n) is 9.98. The summed E-state index contributed by atoms with van der Waals surface area (Å²) in [6.45, 7) is 11.8. The maximum atomic E-state index is 12.5. The van der Waals surface area contributed by atoms with Crippen molar-refractivity contribution in [3.8, 4) is 0 Å². The zero-order valence-corrected chi connectivity index (χ0v) is 16.7. The third-order valence-electron chi connectivity index (χ3n) is 6.93. The Morgan fingerprint density at radius 2 is 1.81 bits per heavy atom. The predicted molar refractivity (Wildman–Crippen MR) is 92.4 cm³/mol. The van der Waals surface area contributed by atoms with E-state index in [1.54, 1.807) is 0 Å². The Morgan fingerprint density at radius 1 is 1.08 bits per heavy atom. The second kappa shape index (κ2) is 5.90. The van der Waals surface area contributed by atoms with E-state index in [4.69, 9.17) is 24.0 Å². The fraction of sp³-hybridized carbons (Fsp3) is 0.950. The lowest BCUT2D eigenvalue weighted by Crippen LogP contribution is -2.70. The summed E-state index contributed by atoms with van der Waals surface area (Å²) in [4.78, 5) is 24.3. The minimum absolute atomic E-state index is 0.0159. The van der Waals surface area contributed by atoms with Gasteiger partial charge in [0.2, 0.25) is 12.1 Å². The van der Waals surface area contributed by atoms with E-state index in [-0.39, 0.29) is 17.8 Å². The van der Waals surface area contributed by atoms with Gasteiger partial charge in [-0.05, 0) is 58.8 Å². The quantitative estimate of drug-likeness (QED) is 0.518. The van der Waals surface area contributed by atoms with Crippen molar-refractivity contribution in [2.45, 2.75) is 91.2 Å². The Kier molecular flexibility index (Phi) is 4.24. The van der Waals surface area contributed by atoms with Gasteiger partial charge in [0.1, 0.15) is 0 Å². The highest BCUT2D eigenvalue weighted by atomic mass is 17.3. The van der Waals surface area contributed by atoms with Gasteiger partial charge in [0.15, 0.2) is 11.9 Å². The molecule has 0 N–H and O–H groups in total.